The van der Waals surface area contributed by atoms with Gasteiger partial charge in [-0.1, -0.05) is 89.8 Å². The van der Waals surface area contributed by atoms with E-state index in [4.69, 9.17) is 0 Å². The summed E-state index contributed by atoms with van der Waals surface area (Å²) in [6.45, 7) is 14.1. The second-order valence-corrected chi connectivity index (χ2v) is 22.6. The first-order valence-corrected chi connectivity index (χ1v) is 22.0. The van der Waals surface area contributed by atoms with Crippen LogP contribution in [0.4, 0.5) is 0 Å². The molecule has 6 aromatic rings. The third-order valence-corrected chi connectivity index (χ3v) is 20.5. The van der Waals surface area contributed by atoms with Gasteiger partial charge in [-0.05, 0) is 60.5 Å². The number of hydrogen-bond donors (Lipinski definition) is 0. The molecular formula is C40H46N2Si2. The Kier molecular flexibility index (Phi) is 8.04. The van der Waals surface area contributed by atoms with E-state index in [0.717, 1.165) is 11.1 Å². The number of nitrogens with zero attached hydrogens (tertiary/aromatic N) is 2. The molecule has 0 spiro atoms. The van der Waals surface area contributed by atoms with Gasteiger partial charge in [0.2, 0.25) is 0 Å². The third-order valence-electron chi connectivity index (χ3n) is 11.1. The van der Waals surface area contributed by atoms with Gasteiger partial charge in [-0.15, -0.1) is 11.1 Å². The van der Waals surface area contributed by atoms with Crippen LogP contribution in [0.2, 0.25) is 36.3 Å². The van der Waals surface area contributed by atoms with Gasteiger partial charge in [0.05, 0.1) is 11.0 Å². The molecule has 0 aliphatic carbocycles. The second-order valence-electron chi connectivity index (χ2n) is 12.7. The Balaban J connectivity index is 1.85. The van der Waals surface area contributed by atoms with E-state index in [1.165, 1.54) is 90.6 Å². The van der Waals surface area contributed by atoms with Gasteiger partial charge in [-0.2, -0.15) is 0 Å². The predicted octanol–water partition coefficient (Wildman–Crippen LogP) is 10.9. The summed E-state index contributed by atoms with van der Waals surface area (Å²) < 4.78 is 4.80. The molecule has 6 rings (SSSR count). The minimum atomic E-state index is -1.64. The molecule has 4 heteroatoms. The van der Waals surface area contributed by atoms with Crippen LogP contribution in [-0.2, 0) is 14.1 Å². The van der Waals surface area contributed by atoms with Crippen LogP contribution >= 0.6 is 0 Å². The van der Waals surface area contributed by atoms with Crippen molar-refractivity contribution in [1.29, 1.82) is 0 Å². The Morgan fingerprint density at radius 2 is 0.841 bits per heavy atom. The van der Waals surface area contributed by atoms with Gasteiger partial charge in [0.1, 0.15) is 16.1 Å². The first-order chi connectivity index (χ1) is 21.3. The van der Waals surface area contributed by atoms with Crippen LogP contribution in [0.3, 0.4) is 0 Å². The molecule has 224 valence electrons. The number of rotatable bonds is 6. The van der Waals surface area contributed by atoms with E-state index in [2.05, 4.69) is 148 Å². The van der Waals surface area contributed by atoms with E-state index in [9.17, 15) is 0 Å². The van der Waals surface area contributed by atoms with E-state index in [1.54, 1.807) is 0 Å². The van der Waals surface area contributed by atoms with E-state index >= 15 is 0 Å². The Hall–Kier alpha value is -3.71. The Labute approximate surface area is 265 Å². The van der Waals surface area contributed by atoms with Crippen molar-refractivity contribution >= 4 is 70.5 Å². The number of aromatic nitrogens is 2. The number of benzene rings is 4. The van der Waals surface area contributed by atoms with E-state index < -0.39 is 16.1 Å². The summed E-state index contributed by atoms with van der Waals surface area (Å²) in [4.78, 5) is 0. The summed E-state index contributed by atoms with van der Waals surface area (Å²) in [6.07, 6.45) is 0. The van der Waals surface area contributed by atoms with Crippen LogP contribution in [0.25, 0.3) is 54.4 Å². The molecule has 4 aromatic carbocycles. The summed E-state index contributed by atoms with van der Waals surface area (Å²) in [5.41, 5.74) is 15.3. The highest BCUT2D eigenvalue weighted by molar-refractivity contribution is 6.87. The molecule has 0 N–H and O–H groups in total. The predicted molar refractivity (Wildman–Crippen MR) is 200 cm³/mol. The number of aryl methyl sites for hydroxylation is 2. The summed E-state index contributed by atoms with van der Waals surface area (Å²) in [5, 5.41) is 7.68. The van der Waals surface area contributed by atoms with Crippen molar-refractivity contribution in [3.05, 3.63) is 71.8 Å². The molecule has 0 amide bonds. The lowest BCUT2D eigenvalue weighted by molar-refractivity contribution is 1.01. The van der Waals surface area contributed by atoms with Crippen molar-refractivity contribution in [1.82, 2.24) is 9.13 Å². The average Bonchev–Trinajstić information content (AvgIpc) is 3.55. The molecule has 2 nitrogen and oxygen atoms in total. The normalized spacial score (nSPS) is 12.3. The fraction of sp³-hybridized carbons (Fsp3) is 0.350. The maximum absolute atomic E-state index is 3.94. The second kappa shape index (κ2) is 11.7. The fourth-order valence-electron chi connectivity index (χ4n) is 7.57. The molecule has 0 atom stereocenters. The van der Waals surface area contributed by atoms with Gasteiger partial charge in [0.15, 0.2) is 0 Å². The van der Waals surface area contributed by atoms with Crippen LogP contribution in [0.5, 0.6) is 0 Å². The summed E-state index contributed by atoms with van der Waals surface area (Å²) in [7, 11) is 1.17. The van der Waals surface area contributed by atoms with Crippen molar-refractivity contribution in [3.8, 4) is 22.9 Å². The maximum atomic E-state index is 3.94. The molecule has 0 unspecified atom stereocenters. The topological polar surface area (TPSA) is 9.86 Å². The van der Waals surface area contributed by atoms with Gasteiger partial charge in [0.25, 0.3) is 0 Å². The van der Waals surface area contributed by atoms with E-state index in [-0.39, 0.29) is 0 Å². The molecule has 0 fully saturated rings. The lowest BCUT2D eigenvalue weighted by Crippen LogP contribution is -2.29. The van der Waals surface area contributed by atoms with Crippen molar-refractivity contribution in [2.24, 2.45) is 14.1 Å². The number of para-hydroxylation sites is 2. The van der Waals surface area contributed by atoms with Crippen LogP contribution < -0.4 is 0 Å². The first-order valence-electron chi connectivity index (χ1n) is 16.7. The molecule has 2 aromatic heterocycles. The Morgan fingerprint density at radius 1 is 0.500 bits per heavy atom. The zero-order chi connectivity index (χ0) is 31.2. The average molecular weight is 611 g/mol. The van der Waals surface area contributed by atoms with Crippen LogP contribution in [-0.4, -0.2) is 25.3 Å². The van der Waals surface area contributed by atoms with Gasteiger partial charge < -0.3 is 9.13 Å². The largest absolute Gasteiger partial charge is 0.343 e. The van der Waals surface area contributed by atoms with Crippen molar-refractivity contribution in [2.45, 2.75) is 77.8 Å². The molecular weight excluding hydrogens is 565 g/mol. The fourth-order valence-corrected chi connectivity index (χ4v) is 12.4. The minimum absolute atomic E-state index is 1.16. The highest BCUT2D eigenvalue weighted by Gasteiger charge is 2.26. The van der Waals surface area contributed by atoms with Crippen molar-refractivity contribution in [2.75, 3.05) is 0 Å². The number of hydrogen-bond acceptors (Lipinski definition) is 0. The van der Waals surface area contributed by atoms with Gasteiger partial charge >= 0.3 is 0 Å². The third kappa shape index (κ3) is 4.54. The standard InChI is InChI=1S/C40H46N2Si2/c1-9-43(10-2,11-3)25-23-29-27-33-34(39-37(29)31-19-15-17-21-35(31)41(39)7)28-30(24-26-44(12-4,13-5)14-6)38-32-20-16-18-22-36(32)42(8)40(33)38/h15-22,27-28H,9-14H2,1-8H3. The van der Waals surface area contributed by atoms with E-state index in [0.29, 0.717) is 0 Å². The zero-order valence-corrected chi connectivity index (χ0v) is 29.9. The van der Waals surface area contributed by atoms with Gasteiger partial charge in [-0.25, -0.2) is 0 Å². The monoisotopic (exact) mass is 610 g/mol. The SMILES string of the molecule is CC[Si](C#Cc1cc2c(cc(C#C[Si](CC)(CC)CC)c3c4ccccc4n(C)c23)c2c1c1ccccc1n2C)(CC)CC. The molecule has 0 bridgehead atoms. The maximum Gasteiger partial charge on any atom is 0.138 e. The quantitative estimate of drug-likeness (QED) is 0.131. The molecule has 0 saturated heterocycles. The van der Waals surface area contributed by atoms with Gasteiger partial charge in [-0.3, -0.25) is 0 Å². The zero-order valence-electron chi connectivity index (χ0n) is 27.9. The van der Waals surface area contributed by atoms with Crippen molar-refractivity contribution in [3.63, 3.8) is 0 Å². The van der Waals surface area contributed by atoms with Crippen LogP contribution in [0, 0.1) is 22.9 Å². The minimum Gasteiger partial charge on any atom is -0.343 e. The summed E-state index contributed by atoms with van der Waals surface area (Å²) >= 11 is 0. The molecule has 44 heavy (non-hydrogen) atoms. The lowest BCUT2D eigenvalue weighted by Gasteiger charge is -2.20. The van der Waals surface area contributed by atoms with E-state index in [1.807, 2.05) is 0 Å². The summed E-state index contributed by atoms with van der Waals surface area (Å²) in [5.74, 6) is 7.69. The first kappa shape index (κ1) is 30.3. The molecule has 2 heterocycles. The molecule has 0 saturated carbocycles. The number of fused-ring (bicyclic) bond motifs is 9. The lowest BCUT2D eigenvalue weighted by atomic mass is 9.95. The van der Waals surface area contributed by atoms with Gasteiger partial charge in [0, 0.05) is 68.6 Å². The Morgan fingerprint density at radius 3 is 1.18 bits per heavy atom. The highest BCUT2D eigenvalue weighted by atomic mass is 28.3. The summed E-state index contributed by atoms with van der Waals surface area (Å²) in [6, 6.07) is 29.7. The Bertz CT molecular complexity index is 2010. The molecule has 0 aliphatic heterocycles. The van der Waals surface area contributed by atoms with Crippen LogP contribution in [0.1, 0.15) is 52.7 Å². The van der Waals surface area contributed by atoms with Crippen LogP contribution in [0.15, 0.2) is 60.7 Å². The highest BCUT2D eigenvalue weighted by Crippen LogP contribution is 2.42. The van der Waals surface area contributed by atoms with Crippen molar-refractivity contribution < 1.29 is 0 Å². The molecule has 0 radical (unpaired) electrons. The molecule has 0 aliphatic rings. The smallest absolute Gasteiger partial charge is 0.138 e.